The van der Waals surface area contributed by atoms with Crippen LogP contribution in [0.15, 0.2) is 47.6 Å². The molecule has 0 fully saturated rings. The maximum absolute atomic E-state index is 12.8. The van der Waals surface area contributed by atoms with Gasteiger partial charge >= 0.3 is 18.0 Å². The van der Waals surface area contributed by atoms with Crippen LogP contribution in [-0.4, -0.2) is 43.7 Å². The molecule has 9 nitrogen and oxygen atoms in total. The van der Waals surface area contributed by atoms with Crippen molar-refractivity contribution >= 4 is 29.6 Å². The van der Waals surface area contributed by atoms with Crippen molar-refractivity contribution in [2.24, 2.45) is 5.10 Å². The van der Waals surface area contributed by atoms with Gasteiger partial charge in [0.2, 0.25) is 0 Å². The zero-order chi connectivity index (χ0) is 25.8. The number of alkyl halides is 3. The van der Waals surface area contributed by atoms with E-state index in [1.54, 1.807) is 13.0 Å². The molecule has 0 saturated heterocycles. The highest BCUT2D eigenvalue weighted by atomic mass is 19.4. The fraction of sp³-hybridized carbons (Fsp3) is 0.304. The number of carbonyl (C=O) groups is 3. The van der Waals surface area contributed by atoms with Crippen LogP contribution in [0.25, 0.3) is 0 Å². The van der Waals surface area contributed by atoms with Crippen molar-refractivity contribution in [3.63, 3.8) is 0 Å². The van der Waals surface area contributed by atoms with Crippen LogP contribution in [0.1, 0.15) is 31.4 Å². The van der Waals surface area contributed by atoms with Crippen LogP contribution in [0.3, 0.4) is 0 Å². The number of amides is 3. The number of hydrazone groups is 1. The molecule has 0 bridgehead atoms. The first-order valence-corrected chi connectivity index (χ1v) is 10.6. The normalized spacial score (nSPS) is 11.1. The number of benzene rings is 2. The third kappa shape index (κ3) is 8.99. The fourth-order valence-electron chi connectivity index (χ4n) is 2.64. The van der Waals surface area contributed by atoms with Crippen LogP contribution in [-0.2, 0) is 20.6 Å². The molecule has 0 spiro atoms. The SMILES string of the molecule is CCCNC(=O)C(=O)N/N=C\c1ccc(OCC(=O)Nc2cccc(C(F)(F)F)c2)c(OCC)c1. The molecule has 3 amide bonds. The van der Waals surface area contributed by atoms with Crippen LogP contribution in [0, 0.1) is 0 Å². The predicted octanol–water partition coefficient (Wildman–Crippen LogP) is 3.10. The summed E-state index contributed by atoms with van der Waals surface area (Å²) in [5.74, 6) is -1.89. The van der Waals surface area contributed by atoms with Gasteiger partial charge in [-0.1, -0.05) is 13.0 Å². The zero-order valence-corrected chi connectivity index (χ0v) is 19.1. The molecule has 12 heteroatoms. The lowest BCUT2D eigenvalue weighted by Gasteiger charge is -2.13. The molecule has 0 heterocycles. The first kappa shape index (κ1) is 27.2. The molecule has 0 aliphatic heterocycles. The molecule has 188 valence electrons. The maximum atomic E-state index is 12.8. The Hall–Kier alpha value is -4.09. The van der Waals surface area contributed by atoms with Crippen LogP contribution in [0.2, 0.25) is 0 Å². The zero-order valence-electron chi connectivity index (χ0n) is 19.1. The fourth-order valence-corrected chi connectivity index (χ4v) is 2.64. The topological polar surface area (TPSA) is 118 Å². The third-order valence-corrected chi connectivity index (χ3v) is 4.22. The van der Waals surface area contributed by atoms with Gasteiger partial charge in [0.15, 0.2) is 18.1 Å². The van der Waals surface area contributed by atoms with E-state index in [0.717, 1.165) is 12.1 Å². The number of hydrogen-bond acceptors (Lipinski definition) is 6. The summed E-state index contributed by atoms with van der Waals surface area (Å²) in [7, 11) is 0. The lowest BCUT2D eigenvalue weighted by molar-refractivity contribution is -0.139. The summed E-state index contributed by atoms with van der Waals surface area (Å²) in [6.45, 7) is 3.75. The molecule has 2 aromatic carbocycles. The Bertz CT molecular complexity index is 1070. The van der Waals surface area contributed by atoms with Crippen molar-refractivity contribution in [3.05, 3.63) is 53.6 Å². The van der Waals surface area contributed by atoms with Crippen LogP contribution in [0.5, 0.6) is 11.5 Å². The van der Waals surface area contributed by atoms with Crippen molar-refractivity contribution in [1.82, 2.24) is 10.7 Å². The van der Waals surface area contributed by atoms with E-state index >= 15 is 0 Å². The minimum Gasteiger partial charge on any atom is -0.490 e. The molecular weight excluding hydrogens is 469 g/mol. The summed E-state index contributed by atoms with van der Waals surface area (Å²) in [6.07, 6.45) is -2.56. The molecule has 0 saturated carbocycles. The molecule has 0 unspecified atom stereocenters. The van der Waals surface area contributed by atoms with Crippen molar-refractivity contribution in [2.45, 2.75) is 26.4 Å². The third-order valence-electron chi connectivity index (χ3n) is 4.22. The standard InChI is InChI=1S/C23H25F3N4O5/c1-3-10-27-21(32)22(33)30-28-13-15-8-9-18(19(11-15)34-4-2)35-14-20(31)29-17-7-5-6-16(12-17)23(24,25)26/h5-9,11-13H,3-4,10,14H2,1-2H3,(H,27,32)(H,29,31)(H,30,33)/b28-13-. The largest absolute Gasteiger partial charge is 0.490 e. The lowest BCUT2D eigenvalue weighted by atomic mass is 10.2. The quantitative estimate of drug-likeness (QED) is 0.267. The van der Waals surface area contributed by atoms with E-state index in [0.29, 0.717) is 18.5 Å². The van der Waals surface area contributed by atoms with Crippen molar-refractivity contribution in [3.8, 4) is 11.5 Å². The van der Waals surface area contributed by atoms with E-state index < -0.39 is 36.1 Å². The monoisotopic (exact) mass is 494 g/mol. The molecule has 0 radical (unpaired) electrons. The summed E-state index contributed by atoms with van der Waals surface area (Å²) in [5.41, 5.74) is 1.71. The van der Waals surface area contributed by atoms with E-state index in [-0.39, 0.29) is 23.8 Å². The predicted molar refractivity (Wildman–Crippen MR) is 122 cm³/mol. The number of anilines is 1. The summed E-state index contributed by atoms with van der Waals surface area (Å²) in [4.78, 5) is 35.3. The second-order valence-corrected chi connectivity index (χ2v) is 7.01. The van der Waals surface area contributed by atoms with Gasteiger partial charge in [-0.3, -0.25) is 14.4 Å². The molecular formula is C23H25F3N4O5. The van der Waals surface area contributed by atoms with E-state index in [2.05, 4.69) is 21.2 Å². The molecule has 2 aromatic rings. The van der Waals surface area contributed by atoms with E-state index in [4.69, 9.17) is 9.47 Å². The summed E-state index contributed by atoms with van der Waals surface area (Å²) in [5, 5.41) is 8.49. The molecule has 3 N–H and O–H groups in total. The number of carbonyl (C=O) groups excluding carboxylic acids is 3. The molecule has 2 rings (SSSR count). The second kappa shape index (κ2) is 13.0. The number of nitrogens with zero attached hydrogens (tertiary/aromatic N) is 1. The van der Waals surface area contributed by atoms with Crippen molar-refractivity contribution < 1.29 is 37.0 Å². The van der Waals surface area contributed by atoms with Gasteiger partial charge in [-0.2, -0.15) is 18.3 Å². The van der Waals surface area contributed by atoms with Gasteiger partial charge in [0.25, 0.3) is 5.91 Å². The summed E-state index contributed by atoms with van der Waals surface area (Å²) in [6, 6.07) is 8.85. The van der Waals surface area contributed by atoms with Gasteiger partial charge in [0, 0.05) is 12.2 Å². The van der Waals surface area contributed by atoms with E-state index in [9.17, 15) is 27.6 Å². The summed E-state index contributed by atoms with van der Waals surface area (Å²) < 4.78 is 49.4. The maximum Gasteiger partial charge on any atom is 0.416 e. The van der Waals surface area contributed by atoms with Gasteiger partial charge in [-0.05, 0) is 55.3 Å². The van der Waals surface area contributed by atoms with Crippen molar-refractivity contribution in [2.75, 3.05) is 25.1 Å². The van der Waals surface area contributed by atoms with Gasteiger partial charge in [-0.15, -0.1) is 0 Å². The minimum atomic E-state index is -4.53. The number of hydrogen-bond donors (Lipinski definition) is 3. The van der Waals surface area contributed by atoms with E-state index in [1.807, 2.05) is 6.92 Å². The van der Waals surface area contributed by atoms with Gasteiger partial charge in [0.05, 0.1) is 18.4 Å². The Morgan fingerprint density at radius 1 is 1.00 bits per heavy atom. The number of ether oxygens (including phenoxy) is 2. The number of rotatable bonds is 10. The first-order chi connectivity index (χ1) is 16.6. The highest BCUT2D eigenvalue weighted by Gasteiger charge is 2.30. The molecule has 0 aliphatic carbocycles. The van der Waals surface area contributed by atoms with Gasteiger partial charge < -0.3 is 20.1 Å². The second-order valence-electron chi connectivity index (χ2n) is 7.01. The Morgan fingerprint density at radius 3 is 2.46 bits per heavy atom. The van der Waals surface area contributed by atoms with Crippen LogP contribution < -0.4 is 25.5 Å². The molecule has 0 atom stereocenters. The molecule has 0 aliphatic rings. The highest BCUT2D eigenvalue weighted by Crippen LogP contribution is 2.31. The number of nitrogens with one attached hydrogen (secondary N) is 3. The molecule has 35 heavy (non-hydrogen) atoms. The minimum absolute atomic E-state index is 0.0181. The first-order valence-electron chi connectivity index (χ1n) is 10.6. The van der Waals surface area contributed by atoms with Crippen LogP contribution >= 0.6 is 0 Å². The Balaban J connectivity index is 1.98. The summed E-state index contributed by atoms with van der Waals surface area (Å²) >= 11 is 0. The smallest absolute Gasteiger partial charge is 0.416 e. The Morgan fingerprint density at radius 2 is 1.77 bits per heavy atom. The highest BCUT2D eigenvalue weighted by molar-refractivity contribution is 6.35. The number of halogens is 3. The van der Waals surface area contributed by atoms with Gasteiger partial charge in [-0.25, -0.2) is 5.43 Å². The Kier molecular flexibility index (Phi) is 10.1. The van der Waals surface area contributed by atoms with E-state index in [1.165, 1.54) is 30.5 Å². The Labute approximate surface area is 199 Å². The van der Waals surface area contributed by atoms with Crippen molar-refractivity contribution in [1.29, 1.82) is 0 Å². The molecule has 0 aromatic heterocycles. The van der Waals surface area contributed by atoms with Crippen LogP contribution in [0.4, 0.5) is 18.9 Å². The van der Waals surface area contributed by atoms with Gasteiger partial charge in [0.1, 0.15) is 0 Å². The average molecular weight is 494 g/mol. The average Bonchev–Trinajstić information content (AvgIpc) is 2.81. The lowest BCUT2D eigenvalue weighted by Crippen LogP contribution is -2.38.